The number of rotatable bonds is 6. The smallest absolute Gasteiger partial charge is 0.316 e. The number of aromatic nitrogens is 2. The molecule has 144 valence electrons. The van der Waals surface area contributed by atoms with Crippen LogP contribution in [0.25, 0.3) is 11.0 Å². The Hall–Kier alpha value is -1.98. The first-order valence-corrected chi connectivity index (χ1v) is 8.42. The van der Waals surface area contributed by atoms with Gasteiger partial charge >= 0.3 is 19.4 Å². The van der Waals surface area contributed by atoms with Gasteiger partial charge in [0.2, 0.25) is 0 Å². The largest absolute Gasteiger partial charge is 0.692 e. The maximum Gasteiger partial charge on any atom is 0.692 e. The molecule has 0 atom stereocenters. The van der Waals surface area contributed by atoms with Crippen molar-refractivity contribution in [2.45, 2.75) is 26.3 Å². The van der Waals surface area contributed by atoms with Crippen LogP contribution in [-0.2, 0) is 11.1 Å². The van der Waals surface area contributed by atoms with Gasteiger partial charge in [0, 0.05) is 23.2 Å². The highest BCUT2D eigenvalue weighted by Crippen LogP contribution is 2.21. The summed E-state index contributed by atoms with van der Waals surface area (Å²) in [7, 11) is -2.87. The van der Waals surface area contributed by atoms with Gasteiger partial charge in [-0.15, -0.1) is 26.8 Å². The van der Waals surface area contributed by atoms with Gasteiger partial charge in [0.15, 0.2) is 0 Å². The van der Waals surface area contributed by atoms with Gasteiger partial charge in [-0.05, 0) is 18.5 Å². The molecule has 13 heteroatoms. The highest BCUT2D eigenvalue weighted by Gasteiger charge is 2.13. The molecule has 0 unspecified atom stereocenters. The normalized spacial score (nSPS) is 9.81. The van der Waals surface area contributed by atoms with Crippen molar-refractivity contribution in [2.75, 3.05) is 6.54 Å². The third-order valence-corrected chi connectivity index (χ3v) is 3.13. The minimum Gasteiger partial charge on any atom is -0.316 e. The Balaban J connectivity index is 0.00000113. The maximum atomic E-state index is 11.4. The van der Waals surface area contributed by atoms with Crippen molar-refractivity contribution in [3.05, 3.63) is 48.5 Å². The molecular formula is C13H19BrN4O7P+. The van der Waals surface area contributed by atoms with Gasteiger partial charge in [-0.2, -0.15) is 0 Å². The Morgan fingerprint density at radius 3 is 2.35 bits per heavy atom. The molecule has 0 spiro atoms. The van der Waals surface area contributed by atoms with Crippen LogP contribution in [0.1, 0.15) is 25.3 Å². The van der Waals surface area contributed by atoms with Gasteiger partial charge in [-0.1, -0.05) is 13.3 Å². The first kappa shape index (κ1) is 24.0. The number of nitrogens with one attached hydrogen (secondary N) is 3. The Bertz CT molecular complexity index is 879. The molecule has 1 aromatic carbocycles. The number of nitrogens with zero attached hydrogens (tertiary/aromatic N) is 1. The third-order valence-electron chi connectivity index (χ3n) is 3.13. The molecule has 0 amide bonds. The predicted octanol–water partition coefficient (Wildman–Crippen LogP) is 1.22. The molecule has 0 aliphatic heterocycles. The van der Waals surface area contributed by atoms with Crippen molar-refractivity contribution in [3.8, 4) is 0 Å². The van der Waals surface area contributed by atoms with Gasteiger partial charge in [0.05, 0.1) is 16.0 Å². The van der Waals surface area contributed by atoms with E-state index in [0.717, 1.165) is 19.4 Å². The van der Waals surface area contributed by atoms with Gasteiger partial charge in [0.1, 0.15) is 0 Å². The molecular weight excluding hydrogens is 435 g/mol. The molecule has 1 heterocycles. The molecule has 0 radical (unpaired) electrons. The summed E-state index contributed by atoms with van der Waals surface area (Å²) >= 11 is 0. The zero-order valence-corrected chi connectivity index (χ0v) is 16.3. The van der Waals surface area contributed by atoms with E-state index in [2.05, 4.69) is 22.2 Å². The van der Waals surface area contributed by atoms with E-state index in [-0.39, 0.29) is 28.2 Å². The summed E-state index contributed by atoms with van der Waals surface area (Å²) in [5.41, 5.74) is -0.490. The lowest BCUT2D eigenvalue weighted by molar-refractivity contribution is -0.384. The number of benzene rings is 1. The van der Waals surface area contributed by atoms with Crippen LogP contribution in [0.15, 0.2) is 21.7 Å². The summed E-state index contributed by atoms with van der Waals surface area (Å²) in [4.78, 5) is 52.3. The lowest BCUT2D eigenvalue weighted by Crippen LogP contribution is -2.29. The standard InChI is InChI=1S/C13H16N4O4.BrH.HO3P/c1-2-3-4-14-7-8-5-9(17(20)21)6-10-11(8)16-13(19)12(18)15-10;;1-4(2)3/h5-6,14H,2-4,7H2,1H3,(H,15,18)(H,16,19);1H;(H-,1,2,3)/p+1. The minimum absolute atomic E-state index is 0. The highest BCUT2D eigenvalue weighted by molar-refractivity contribution is 8.93. The number of H-pyrrole nitrogens is 2. The van der Waals surface area contributed by atoms with Crippen LogP contribution >= 0.6 is 25.2 Å². The number of hydrogen-bond acceptors (Lipinski definition) is 6. The summed E-state index contributed by atoms with van der Waals surface area (Å²) in [6, 6.07) is 2.64. The summed E-state index contributed by atoms with van der Waals surface area (Å²) in [5, 5.41) is 14.1. The molecule has 0 saturated carbocycles. The van der Waals surface area contributed by atoms with Gasteiger partial charge in [0.25, 0.3) is 5.69 Å². The second kappa shape index (κ2) is 11.6. The number of nitro groups is 1. The van der Waals surface area contributed by atoms with E-state index >= 15 is 0 Å². The molecule has 0 saturated heterocycles. The van der Waals surface area contributed by atoms with Crippen LogP contribution in [-0.4, -0.2) is 31.2 Å². The number of fused-ring (bicyclic) bond motifs is 1. The first-order chi connectivity index (χ1) is 11.8. The number of halogens is 1. The Morgan fingerprint density at radius 1 is 1.23 bits per heavy atom. The van der Waals surface area contributed by atoms with Crippen molar-refractivity contribution < 1.29 is 19.3 Å². The van der Waals surface area contributed by atoms with Crippen molar-refractivity contribution >= 4 is 42.0 Å². The average Bonchev–Trinajstić information content (AvgIpc) is 2.52. The number of nitro benzene ring substituents is 1. The van der Waals surface area contributed by atoms with Crippen LogP contribution in [0.5, 0.6) is 0 Å². The molecule has 0 aliphatic carbocycles. The maximum absolute atomic E-state index is 11.4. The van der Waals surface area contributed by atoms with Crippen molar-refractivity contribution in [1.82, 2.24) is 15.3 Å². The Labute approximate surface area is 158 Å². The Kier molecular flexibility index (Phi) is 10.7. The van der Waals surface area contributed by atoms with E-state index in [1.807, 2.05) is 0 Å². The number of non-ortho nitro benzene ring substituents is 1. The lowest BCUT2D eigenvalue weighted by Gasteiger charge is -2.07. The van der Waals surface area contributed by atoms with E-state index in [1.54, 1.807) is 0 Å². The summed E-state index contributed by atoms with van der Waals surface area (Å²) < 4.78 is 8.70. The van der Waals surface area contributed by atoms with Crippen LogP contribution in [0.4, 0.5) is 5.69 Å². The SMILES string of the molecule is Br.CCCCNCc1cc([N+](=O)[O-])cc2[nH]c(=O)c(=O)[nH]c12.O=[P+](O)O. The van der Waals surface area contributed by atoms with Gasteiger partial charge < -0.3 is 15.3 Å². The van der Waals surface area contributed by atoms with Crippen molar-refractivity contribution in [1.29, 1.82) is 0 Å². The molecule has 11 nitrogen and oxygen atoms in total. The molecule has 5 N–H and O–H groups in total. The van der Waals surface area contributed by atoms with Crippen LogP contribution < -0.4 is 16.4 Å². The number of aromatic amines is 2. The van der Waals surface area contributed by atoms with E-state index in [9.17, 15) is 19.7 Å². The summed E-state index contributed by atoms with van der Waals surface area (Å²) in [6.45, 7) is 3.21. The van der Waals surface area contributed by atoms with E-state index < -0.39 is 24.3 Å². The quantitative estimate of drug-likeness (QED) is 0.142. The minimum atomic E-state index is -2.87. The molecule has 0 fully saturated rings. The molecule has 1 aromatic heterocycles. The van der Waals surface area contributed by atoms with E-state index in [1.165, 1.54) is 12.1 Å². The zero-order valence-electron chi connectivity index (χ0n) is 13.7. The fourth-order valence-electron chi connectivity index (χ4n) is 2.05. The fraction of sp³-hybridized carbons (Fsp3) is 0.385. The van der Waals surface area contributed by atoms with Crippen LogP contribution in [0.2, 0.25) is 0 Å². The summed E-state index contributed by atoms with van der Waals surface area (Å²) in [6.07, 6.45) is 2.02. The van der Waals surface area contributed by atoms with Gasteiger partial charge in [-0.3, -0.25) is 19.7 Å². The van der Waals surface area contributed by atoms with Crippen molar-refractivity contribution in [3.63, 3.8) is 0 Å². The van der Waals surface area contributed by atoms with E-state index in [0.29, 0.717) is 17.6 Å². The summed E-state index contributed by atoms with van der Waals surface area (Å²) in [5.74, 6) is 0. The fourth-order valence-corrected chi connectivity index (χ4v) is 2.05. The number of hydrogen-bond donors (Lipinski definition) is 5. The monoisotopic (exact) mass is 453 g/mol. The Morgan fingerprint density at radius 2 is 1.81 bits per heavy atom. The van der Waals surface area contributed by atoms with Crippen molar-refractivity contribution in [2.24, 2.45) is 0 Å². The highest BCUT2D eigenvalue weighted by atomic mass is 79.9. The molecule has 0 bridgehead atoms. The molecule has 2 aromatic rings. The molecule has 2 rings (SSSR count). The first-order valence-electron chi connectivity index (χ1n) is 7.25. The zero-order chi connectivity index (χ0) is 19.0. The van der Waals surface area contributed by atoms with Gasteiger partial charge in [-0.25, -0.2) is 0 Å². The number of unbranched alkanes of at least 4 members (excludes halogenated alkanes) is 1. The average molecular weight is 454 g/mol. The molecule has 0 aliphatic rings. The third kappa shape index (κ3) is 7.50. The van der Waals surface area contributed by atoms with E-state index in [4.69, 9.17) is 14.4 Å². The lowest BCUT2D eigenvalue weighted by atomic mass is 10.1. The van der Waals surface area contributed by atoms with Crippen LogP contribution in [0.3, 0.4) is 0 Å². The predicted molar refractivity (Wildman–Crippen MR) is 101 cm³/mol. The van der Waals surface area contributed by atoms with Crippen LogP contribution in [0, 0.1) is 10.1 Å². The second-order valence-corrected chi connectivity index (χ2v) is 5.48. The second-order valence-electron chi connectivity index (χ2n) is 4.98. The molecule has 26 heavy (non-hydrogen) atoms. The topological polar surface area (TPSA) is 178 Å².